The number of nitrogens with zero attached hydrogens (tertiary/aromatic N) is 3. The van der Waals surface area contributed by atoms with Crippen LogP contribution in [0.25, 0.3) is 0 Å². The van der Waals surface area contributed by atoms with Gasteiger partial charge in [0, 0.05) is 37.8 Å². The molecule has 0 atom stereocenters. The third kappa shape index (κ3) is 4.30. The van der Waals surface area contributed by atoms with Gasteiger partial charge in [-0.25, -0.2) is 0 Å². The summed E-state index contributed by atoms with van der Waals surface area (Å²) in [7, 11) is 1.77. The zero-order valence-electron chi connectivity index (χ0n) is 15.7. The van der Waals surface area contributed by atoms with E-state index in [-0.39, 0.29) is 22.6 Å². The van der Waals surface area contributed by atoms with Gasteiger partial charge in [-0.05, 0) is 43.7 Å². The number of anilines is 1. The molecule has 1 amide bonds. The number of piperidine rings is 1. The first-order chi connectivity index (χ1) is 11.9. The smallest absolute Gasteiger partial charge is 0.293 e. The number of nitro groups is 1. The predicted molar refractivity (Wildman–Crippen MR) is 100 cm³/mol. The Bertz CT molecular complexity index is 620. The number of carbonyl (C=O) groups is 1. The molecule has 25 heavy (non-hydrogen) atoms. The molecule has 0 N–H and O–H groups in total. The van der Waals surface area contributed by atoms with Crippen molar-refractivity contribution < 1.29 is 9.72 Å². The summed E-state index contributed by atoms with van der Waals surface area (Å²) in [5, 5.41) is 11.6. The van der Waals surface area contributed by atoms with Crippen LogP contribution >= 0.6 is 0 Å². The fourth-order valence-corrected chi connectivity index (χ4v) is 3.53. The van der Waals surface area contributed by atoms with E-state index in [9.17, 15) is 14.9 Å². The molecule has 0 spiro atoms. The molecule has 1 heterocycles. The molecule has 0 saturated carbocycles. The summed E-state index contributed by atoms with van der Waals surface area (Å²) in [6.45, 7) is 7.94. The highest BCUT2D eigenvalue weighted by atomic mass is 16.6. The predicted octanol–water partition coefficient (Wildman–Crippen LogP) is 4.09. The van der Waals surface area contributed by atoms with Crippen LogP contribution in [0.5, 0.6) is 0 Å². The number of hydrogen-bond donors (Lipinski definition) is 0. The SMILES string of the molecule is CCC(CC)N(C)C(=O)c1ccc(N2CCC(C)CC2)c([N+](=O)[O-])c1. The van der Waals surface area contributed by atoms with E-state index in [0.29, 0.717) is 17.2 Å². The molecule has 0 aromatic heterocycles. The van der Waals surface area contributed by atoms with Gasteiger partial charge in [0.2, 0.25) is 0 Å². The third-order valence-corrected chi connectivity index (χ3v) is 5.35. The maximum atomic E-state index is 12.7. The largest absolute Gasteiger partial charge is 0.366 e. The van der Waals surface area contributed by atoms with Gasteiger partial charge in [-0.3, -0.25) is 14.9 Å². The summed E-state index contributed by atoms with van der Waals surface area (Å²) >= 11 is 0. The molecule has 1 fully saturated rings. The minimum Gasteiger partial charge on any atom is -0.366 e. The summed E-state index contributed by atoms with van der Waals surface area (Å²) in [6, 6.07) is 5.05. The first-order valence-corrected chi connectivity index (χ1v) is 9.19. The van der Waals surface area contributed by atoms with Crippen LogP contribution in [-0.4, -0.2) is 41.9 Å². The van der Waals surface area contributed by atoms with Crippen LogP contribution in [-0.2, 0) is 0 Å². The topological polar surface area (TPSA) is 66.7 Å². The molecule has 0 aliphatic carbocycles. The van der Waals surface area contributed by atoms with E-state index in [1.54, 1.807) is 24.1 Å². The molecule has 0 bridgehead atoms. The standard InChI is InChI=1S/C19H29N3O3/c1-5-16(6-2)20(4)19(23)15-7-8-17(18(13-15)22(24)25)21-11-9-14(3)10-12-21/h7-8,13-14,16H,5-6,9-12H2,1-4H3. The molecule has 0 unspecified atom stereocenters. The van der Waals surface area contributed by atoms with Gasteiger partial charge >= 0.3 is 0 Å². The van der Waals surface area contributed by atoms with Gasteiger partial charge in [-0.1, -0.05) is 20.8 Å². The third-order valence-electron chi connectivity index (χ3n) is 5.35. The van der Waals surface area contributed by atoms with Crippen LogP contribution in [0, 0.1) is 16.0 Å². The first kappa shape index (κ1) is 19.2. The molecule has 6 nitrogen and oxygen atoms in total. The molecule has 1 aromatic rings. The number of benzene rings is 1. The lowest BCUT2D eigenvalue weighted by atomic mass is 9.98. The lowest BCUT2D eigenvalue weighted by Gasteiger charge is -2.32. The second-order valence-electron chi connectivity index (χ2n) is 7.02. The van der Waals surface area contributed by atoms with E-state index in [4.69, 9.17) is 0 Å². The lowest BCUT2D eigenvalue weighted by Crippen LogP contribution is -2.36. The van der Waals surface area contributed by atoms with Gasteiger partial charge in [-0.2, -0.15) is 0 Å². The molecular formula is C19H29N3O3. The Balaban J connectivity index is 2.29. The molecule has 2 rings (SSSR count). The number of nitro benzene ring substituents is 1. The zero-order valence-corrected chi connectivity index (χ0v) is 15.7. The van der Waals surface area contributed by atoms with Crippen LogP contribution in [0.15, 0.2) is 18.2 Å². The first-order valence-electron chi connectivity index (χ1n) is 9.19. The fourth-order valence-electron chi connectivity index (χ4n) is 3.53. The zero-order chi connectivity index (χ0) is 18.6. The van der Waals surface area contributed by atoms with E-state index < -0.39 is 0 Å². The summed E-state index contributed by atoms with van der Waals surface area (Å²) in [4.78, 5) is 27.7. The average Bonchev–Trinajstić information content (AvgIpc) is 2.62. The highest BCUT2D eigenvalue weighted by molar-refractivity contribution is 5.95. The van der Waals surface area contributed by atoms with Crippen molar-refractivity contribution in [2.45, 2.75) is 52.5 Å². The van der Waals surface area contributed by atoms with Gasteiger partial charge in [0.05, 0.1) is 4.92 Å². The van der Waals surface area contributed by atoms with Crippen molar-refractivity contribution in [3.05, 3.63) is 33.9 Å². The van der Waals surface area contributed by atoms with Crippen molar-refractivity contribution in [2.24, 2.45) is 5.92 Å². The number of rotatable bonds is 6. The van der Waals surface area contributed by atoms with E-state index in [1.807, 2.05) is 13.8 Å². The van der Waals surface area contributed by atoms with Crippen molar-refractivity contribution in [3.8, 4) is 0 Å². The van der Waals surface area contributed by atoms with Crippen molar-refractivity contribution in [3.63, 3.8) is 0 Å². The number of hydrogen-bond acceptors (Lipinski definition) is 4. The minimum absolute atomic E-state index is 0.0263. The van der Waals surface area contributed by atoms with Gasteiger partial charge in [0.15, 0.2) is 0 Å². The molecule has 1 aliphatic rings. The fraction of sp³-hybridized carbons (Fsp3) is 0.632. The summed E-state index contributed by atoms with van der Waals surface area (Å²) < 4.78 is 0. The normalized spacial score (nSPS) is 15.5. The quantitative estimate of drug-likeness (QED) is 0.574. The summed E-state index contributed by atoms with van der Waals surface area (Å²) in [6.07, 6.45) is 3.81. The molecule has 1 saturated heterocycles. The van der Waals surface area contributed by atoms with Crippen molar-refractivity contribution in [2.75, 3.05) is 25.0 Å². The van der Waals surface area contributed by atoms with E-state index in [0.717, 1.165) is 38.8 Å². The molecule has 1 aliphatic heterocycles. The van der Waals surface area contributed by atoms with E-state index >= 15 is 0 Å². The second-order valence-corrected chi connectivity index (χ2v) is 7.02. The monoisotopic (exact) mass is 347 g/mol. The molecule has 0 radical (unpaired) electrons. The molecule has 1 aromatic carbocycles. The van der Waals surface area contributed by atoms with Gasteiger partial charge in [-0.15, -0.1) is 0 Å². The molecule has 6 heteroatoms. The van der Waals surface area contributed by atoms with Gasteiger partial charge < -0.3 is 9.80 Å². The Morgan fingerprint density at radius 1 is 1.32 bits per heavy atom. The minimum atomic E-state index is -0.374. The number of amides is 1. The summed E-state index contributed by atoms with van der Waals surface area (Å²) in [5.41, 5.74) is 1.03. The van der Waals surface area contributed by atoms with Crippen LogP contribution in [0.3, 0.4) is 0 Å². The van der Waals surface area contributed by atoms with E-state index in [1.165, 1.54) is 6.07 Å². The van der Waals surface area contributed by atoms with Crippen LogP contribution < -0.4 is 4.90 Å². The maximum absolute atomic E-state index is 12.7. The van der Waals surface area contributed by atoms with Crippen molar-refractivity contribution in [1.29, 1.82) is 0 Å². The van der Waals surface area contributed by atoms with Crippen LogP contribution in [0.4, 0.5) is 11.4 Å². The summed E-state index contributed by atoms with van der Waals surface area (Å²) in [5.74, 6) is 0.500. The van der Waals surface area contributed by atoms with E-state index in [2.05, 4.69) is 11.8 Å². The Morgan fingerprint density at radius 2 is 1.92 bits per heavy atom. The highest BCUT2D eigenvalue weighted by Crippen LogP contribution is 2.32. The lowest BCUT2D eigenvalue weighted by molar-refractivity contribution is -0.384. The Labute approximate surface area is 150 Å². The molecular weight excluding hydrogens is 318 g/mol. The highest BCUT2D eigenvalue weighted by Gasteiger charge is 2.26. The average molecular weight is 347 g/mol. The van der Waals surface area contributed by atoms with Crippen molar-refractivity contribution >= 4 is 17.3 Å². The van der Waals surface area contributed by atoms with Gasteiger partial charge in [0.1, 0.15) is 5.69 Å². The Hall–Kier alpha value is -2.11. The number of carbonyl (C=O) groups excluding carboxylic acids is 1. The maximum Gasteiger partial charge on any atom is 0.293 e. The van der Waals surface area contributed by atoms with Gasteiger partial charge in [0.25, 0.3) is 11.6 Å². The van der Waals surface area contributed by atoms with Crippen molar-refractivity contribution in [1.82, 2.24) is 4.90 Å². The molecule has 138 valence electrons. The van der Waals surface area contributed by atoms with Crippen LogP contribution in [0.2, 0.25) is 0 Å². The second kappa shape index (κ2) is 8.32. The van der Waals surface area contributed by atoms with Crippen LogP contribution in [0.1, 0.15) is 56.8 Å². The Kier molecular flexibility index (Phi) is 6.39. The Morgan fingerprint density at radius 3 is 2.44 bits per heavy atom.